The van der Waals surface area contributed by atoms with Gasteiger partial charge in [0.05, 0.1) is 17.9 Å². The molecule has 2 N–H and O–H groups in total. The quantitative estimate of drug-likeness (QED) is 0.482. The molecule has 0 saturated carbocycles. The normalized spacial score (nSPS) is 13.2. The van der Waals surface area contributed by atoms with Crippen molar-refractivity contribution < 1.29 is 4.74 Å². The summed E-state index contributed by atoms with van der Waals surface area (Å²) in [7, 11) is 1.64. The van der Waals surface area contributed by atoms with Crippen molar-refractivity contribution in [3.63, 3.8) is 0 Å². The second-order valence-corrected chi connectivity index (χ2v) is 4.98. The molecule has 0 spiro atoms. The van der Waals surface area contributed by atoms with Gasteiger partial charge in [0.1, 0.15) is 0 Å². The van der Waals surface area contributed by atoms with E-state index < -0.39 is 0 Å². The number of thiocarbonyl (C=S) groups is 1. The zero-order chi connectivity index (χ0) is 14.8. The number of ether oxygens (including phenoxy) is 1. The second kappa shape index (κ2) is 9.47. The predicted octanol–water partition coefficient (Wildman–Crippen LogP) is 2.75. The number of hydrazone groups is 1. The minimum absolute atomic E-state index is 0.116. The zero-order valence-corrected chi connectivity index (χ0v) is 13.0. The molecular weight excluding hydrogens is 294 g/mol. The summed E-state index contributed by atoms with van der Waals surface area (Å²) < 4.78 is 5.00. The van der Waals surface area contributed by atoms with Gasteiger partial charge in [0, 0.05) is 13.2 Å². The van der Waals surface area contributed by atoms with Crippen LogP contribution in [-0.4, -0.2) is 31.1 Å². The molecule has 1 aromatic carbocycles. The maximum absolute atomic E-state index is 6.04. The number of rotatable bonds is 6. The second-order valence-electron chi connectivity index (χ2n) is 4.14. The maximum atomic E-state index is 6.04. The highest BCUT2D eigenvalue weighted by Gasteiger charge is 2.01. The molecule has 0 bridgehead atoms. The van der Waals surface area contributed by atoms with Crippen LogP contribution in [0.1, 0.15) is 12.5 Å². The SMILES string of the molecule is COC[C@@H](C)NC(=S)N/N=C\C(Cl)=C\c1ccccc1. The van der Waals surface area contributed by atoms with Gasteiger partial charge in [-0.1, -0.05) is 41.9 Å². The Balaban J connectivity index is 2.40. The predicted molar refractivity (Wildman–Crippen MR) is 89.0 cm³/mol. The summed E-state index contributed by atoms with van der Waals surface area (Å²) in [5, 5.41) is 7.92. The van der Waals surface area contributed by atoms with Gasteiger partial charge in [0.15, 0.2) is 5.11 Å². The summed E-state index contributed by atoms with van der Waals surface area (Å²) in [5.41, 5.74) is 3.71. The van der Waals surface area contributed by atoms with Crippen molar-refractivity contribution in [1.82, 2.24) is 10.7 Å². The van der Waals surface area contributed by atoms with Crippen LogP contribution in [0.15, 0.2) is 40.5 Å². The monoisotopic (exact) mass is 311 g/mol. The number of methoxy groups -OCH3 is 1. The van der Waals surface area contributed by atoms with Gasteiger partial charge in [0.2, 0.25) is 0 Å². The highest BCUT2D eigenvalue weighted by Crippen LogP contribution is 2.07. The van der Waals surface area contributed by atoms with Gasteiger partial charge in [-0.05, 0) is 30.8 Å². The van der Waals surface area contributed by atoms with Crippen LogP contribution >= 0.6 is 23.8 Å². The number of hydrogen-bond acceptors (Lipinski definition) is 3. The number of benzene rings is 1. The first-order valence-corrected chi connectivity index (χ1v) is 6.91. The lowest BCUT2D eigenvalue weighted by Gasteiger charge is -2.13. The number of nitrogens with zero attached hydrogens (tertiary/aromatic N) is 1. The van der Waals surface area contributed by atoms with Gasteiger partial charge in [-0.2, -0.15) is 5.10 Å². The van der Waals surface area contributed by atoms with Gasteiger partial charge in [-0.25, -0.2) is 0 Å². The molecule has 1 aromatic rings. The third kappa shape index (κ3) is 7.23. The number of halogens is 1. The number of hydrogen-bond donors (Lipinski definition) is 2. The van der Waals surface area contributed by atoms with Gasteiger partial charge >= 0.3 is 0 Å². The topological polar surface area (TPSA) is 45.6 Å². The average molecular weight is 312 g/mol. The Morgan fingerprint density at radius 2 is 2.15 bits per heavy atom. The number of nitrogens with one attached hydrogen (secondary N) is 2. The summed E-state index contributed by atoms with van der Waals surface area (Å²) >= 11 is 11.1. The molecule has 0 amide bonds. The Morgan fingerprint density at radius 1 is 1.45 bits per heavy atom. The van der Waals surface area contributed by atoms with Crippen LogP contribution in [0.4, 0.5) is 0 Å². The molecule has 0 aliphatic rings. The highest BCUT2D eigenvalue weighted by atomic mass is 35.5. The molecule has 0 aliphatic heterocycles. The lowest BCUT2D eigenvalue weighted by atomic mass is 10.2. The molecular formula is C14H18ClN3OS. The Labute approximate surface area is 129 Å². The molecule has 1 rings (SSSR count). The first-order chi connectivity index (χ1) is 9.61. The Morgan fingerprint density at radius 3 is 2.80 bits per heavy atom. The van der Waals surface area contributed by atoms with E-state index in [2.05, 4.69) is 15.8 Å². The van der Waals surface area contributed by atoms with Gasteiger partial charge in [-0.15, -0.1) is 0 Å². The third-order valence-electron chi connectivity index (χ3n) is 2.25. The molecule has 0 aliphatic carbocycles. The number of allylic oxidation sites excluding steroid dienone is 1. The first kappa shape index (κ1) is 16.6. The molecule has 108 valence electrons. The first-order valence-electron chi connectivity index (χ1n) is 6.12. The molecule has 0 saturated heterocycles. The van der Waals surface area contributed by atoms with Crippen LogP contribution in [0, 0.1) is 0 Å². The molecule has 6 heteroatoms. The van der Waals surface area contributed by atoms with Gasteiger partial charge in [0.25, 0.3) is 0 Å². The van der Waals surface area contributed by atoms with E-state index in [1.807, 2.05) is 43.3 Å². The van der Waals surface area contributed by atoms with E-state index >= 15 is 0 Å². The maximum Gasteiger partial charge on any atom is 0.187 e. The van der Waals surface area contributed by atoms with E-state index in [4.69, 9.17) is 28.6 Å². The van der Waals surface area contributed by atoms with Crippen LogP contribution in [0.25, 0.3) is 6.08 Å². The van der Waals surface area contributed by atoms with E-state index in [9.17, 15) is 0 Å². The lowest BCUT2D eigenvalue weighted by Crippen LogP contribution is -2.40. The minimum atomic E-state index is 0.116. The summed E-state index contributed by atoms with van der Waals surface area (Å²) in [5.74, 6) is 0. The van der Waals surface area contributed by atoms with Crippen molar-refractivity contribution >= 4 is 41.2 Å². The summed E-state index contributed by atoms with van der Waals surface area (Å²) in [6.07, 6.45) is 3.32. The molecule has 20 heavy (non-hydrogen) atoms. The van der Waals surface area contributed by atoms with Gasteiger partial charge < -0.3 is 10.1 Å². The fourth-order valence-corrected chi connectivity index (χ4v) is 1.87. The van der Waals surface area contributed by atoms with E-state index in [-0.39, 0.29) is 6.04 Å². The van der Waals surface area contributed by atoms with Crippen LogP contribution in [0.5, 0.6) is 0 Å². The van der Waals surface area contributed by atoms with Crippen molar-refractivity contribution in [2.45, 2.75) is 13.0 Å². The van der Waals surface area contributed by atoms with E-state index in [0.29, 0.717) is 16.8 Å². The Hall–Kier alpha value is -1.43. The highest BCUT2D eigenvalue weighted by molar-refractivity contribution is 7.80. The van der Waals surface area contributed by atoms with Gasteiger partial charge in [-0.3, -0.25) is 5.43 Å². The van der Waals surface area contributed by atoms with Crippen molar-refractivity contribution in [3.8, 4) is 0 Å². The molecule has 0 radical (unpaired) electrons. The third-order valence-corrected chi connectivity index (χ3v) is 2.67. The molecule has 0 unspecified atom stereocenters. The molecule has 1 atom stereocenters. The van der Waals surface area contributed by atoms with E-state index in [1.54, 1.807) is 7.11 Å². The van der Waals surface area contributed by atoms with Crippen molar-refractivity contribution in [3.05, 3.63) is 40.9 Å². The van der Waals surface area contributed by atoms with Crippen molar-refractivity contribution in [1.29, 1.82) is 0 Å². The lowest BCUT2D eigenvalue weighted by molar-refractivity contribution is 0.179. The van der Waals surface area contributed by atoms with Crippen LogP contribution in [-0.2, 0) is 4.74 Å². The summed E-state index contributed by atoms with van der Waals surface area (Å²) in [6, 6.07) is 9.88. The standard InChI is InChI=1S/C14H18ClN3OS/c1-11(10-19-2)17-14(20)18-16-9-13(15)8-12-6-4-3-5-7-12/h3-9,11H,10H2,1-2H3,(H2,17,18,20)/b13-8-,16-9-/t11-/m1/s1. The minimum Gasteiger partial charge on any atom is -0.383 e. The van der Waals surface area contributed by atoms with Crippen molar-refractivity contribution in [2.75, 3.05) is 13.7 Å². The summed E-state index contributed by atoms with van der Waals surface area (Å²) in [6.45, 7) is 2.53. The fraction of sp³-hybridized carbons (Fsp3) is 0.286. The van der Waals surface area contributed by atoms with Crippen molar-refractivity contribution in [2.24, 2.45) is 5.10 Å². The molecule has 4 nitrogen and oxygen atoms in total. The molecule has 0 fully saturated rings. The fourth-order valence-electron chi connectivity index (χ4n) is 1.45. The smallest absolute Gasteiger partial charge is 0.187 e. The van der Waals surface area contributed by atoms with E-state index in [0.717, 1.165) is 5.56 Å². The Bertz CT molecular complexity index is 477. The van der Waals surface area contributed by atoms with E-state index in [1.165, 1.54) is 6.21 Å². The van der Waals surface area contributed by atoms with Crippen LogP contribution in [0.2, 0.25) is 0 Å². The zero-order valence-electron chi connectivity index (χ0n) is 11.5. The van der Waals surface area contributed by atoms with Crippen LogP contribution in [0.3, 0.4) is 0 Å². The Kier molecular flexibility index (Phi) is 7.87. The summed E-state index contributed by atoms with van der Waals surface area (Å²) in [4.78, 5) is 0. The average Bonchev–Trinajstić information content (AvgIpc) is 2.39. The van der Waals surface area contributed by atoms with Crippen LogP contribution < -0.4 is 10.7 Å². The largest absolute Gasteiger partial charge is 0.383 e. The molecule has 0 aromatic heterocycles. The molecule has 0 heterocycles.